The summed E-state index contributed by atoms with van der Waals surface area (Å²) in [5, 5.41) is 0. The molecule has 0 aliphatic heterocycles. The number of carbonyl (C=O) groups excluding carboxylic acids is 1. The first-order valence-electron chi connectivity index (χ1n) is 6.70. The predicted molar refractivity (Wildman–Crippen MR) is 67.0 cm³/mol. The Kier molecular flexibility index (Phi) is 8.74. The maximum Gasteiger partial charge on any atom is 0.138 e. The third-order valence-corrected chi connectivity index (χ3v) is 3.15. The van der Waals surface area contributed by atoms with Crippen LogP contribution < -0.4 is 0 Å². The number of ketones is 1. The molecule has 0 aromatic heterocycles. The van der Waals surface area contributed by atoms with Crippen LogP contribution in [0.5, 0.6) is 0 Å². The van der Waals surface area contributed by atoms with Gasteiger partial charge in [0, 0.05) is 11.8 Å². The van der Waals surface area contributed by atoms with Crippen LogP contribution in [0.4, 0.5) is 0 Å². The van der Waals surface area contributed by atoms with Crippen LogP contribution in [0.25, 0.3) is 0 Å². The Morgan fingerprint density at radius 3 is 1.87 bits per heavy atom. The first kappa shape index (κ1) is 14.7. The van der Waals surface area contributed by atoms with Crippen LogP contribution in [0, 0.1) is 11.8 Å². The molecule has 0 fully saturated rings. The Morgan fingerprint density at radius 2 is 1.47 bits per heavy atom. The molecule has 0 saturated heterocycles. The molecule has 0 saturated carbocycles. The number of hydrogen-bond acceptors (Lipinski definition) is 1. The molecule has 1 unspecified atom stereocenters. The van der Waals surface area contributed by atoms with Crippen LogP contribution in [0.3, 0.4) is 0 Å². The largest absolute Gasteiger partial charge is 0.299 e. The van der Waals surface area contributed by atoms with E-state index in [1.54, 1.807) is 0 Å². The van der Waals surface area contributed by atoms with Gasteiger partial charge in [0.2, 0.25) is 0 Å². The fourth-order valence-corrected chi connectivity index (χ4v) is 2.18. The lowest BCUT2D eigenvalue weighted by Crippen LogP contribution is -2.21. The molecule has 0 aliphatic rings. The maximum atomic E-state index is 12.1. The van der Waals surface area contributed by atoms with E-state index < -0.39 is 0 Å². The molecule has 90 valence electrons. The molecule has 15 heavy (non-hydrogen) atoms. The Morgan fingerprint density at radius 1 is 0.933 bits per heavy atom. The van der Waals surface area contributed by atoms with Gasteiger partial charge in [-0.1, -0.05) is 53.4 Å². The molecule has 1 heteroatoms. The fraction of sp³-hybridized carbons (Fsp3) is 0.929. The van der Waals surface area contributed by atoms with Crippen molar-refractivity contribution in [3.8, 4) is 0 Å². The predicted octanol–water partition coefficient (Wildman–Crippen LogP) is 4.60. The molecule has 1 nitrogen and oxygen atoms in total. The summed E-state index contributed by atoms with van der Waals surface area (Å²) in [5.74, 6) is 1.15. The highest BCUT2D eigenvalue weighted by atomic mass is 16.1. The summed E-state index contributed by atoms with van der Waals surface area (Å²) in [5.41, 5.74) is 0. The highest BCUT2D eigenvalue weighted by molar-refractivity contribution is 5.83. The third kappa shape index (κ3) is 5.96. The summed E-state index contributed by atoms with van der Waals surface area (Å²) in [7, 11) is 0. The van der Waals surface area contributed by atoms with Crippen molar-refractivity contribution >= 4 is 5.78 Å². The van der Waals surface area contributed by atoms with Gasteiger partial charge in [-0.15, -0.1) is 0 Å². The summed E-state index contributed by atoms with van der Waals surface area (Å²) in [4.78, 5) is 12.1. The van der Waals surface area contributed by atoms with E-state index in [1.807, 2.05) is 0 Å². The van der Waals surface area contributed by atoms with Gasteiger partial charge in [-0.05, 0) is 19.3 Å². The van der Waals surface area contributed by atoms with Crippen molar-refractivity contribution < 1.29 is 4.79 Å². The Balaban J connectivity index is 4.08. The van der Waals surface area contributed by atoms with E-state index in [4.69, 9.17) is 0 Å². The lowest BCUT2D eigenvalue weighted by atomic mass is 9.85. The molecule has 0 aromatic carbocycles. The normalized spacial score (nSPS) is 13.1. The van der Waals surface area contributed by atoms with E-state index in [2.05, 4.69) is 27.7 Å². The van der Waals surface area contributed by atoms with Crippen LogP contribution in [-0.2, 0) is 4.79 Å². The first-order chi connectivity index (χ1) is 7.17. The number of Topliss-reactive ketones (excluding diaryl/α,β-unsaturated/α-hetero) is 1. The van der Waals surface area contributed by atoms with Crippen LogP contribution in [-0.4, -0.2) is 5.78 Å². The molecule has 0 N–H and O–H groups in total. The second kappa shape index (κ2) is 8.94. The highest BCUT2D eigenvalue weighted by Crippen LogP contribution is 2.21. The van der Waals surface area contributed by atoms with Crippen LogP contribution >= 0.6 is 0 Å². The second-order valence-corrected chi connectivity index (χ2v) is 4.72. The van der Waals surface area contributed by atoms with Crippen LogP contribution in [0.15, 0.2) is 0 Å². The van der Waals surface area contributed by atoms with Gasteiger partial charge in [0.05, 0.1) is 0 Å². The van der Waals surface area contributed by atoms with E-state index in [-0.39, 0.29) is 5.92 Å². The Labute approximate surface area is 95.6 Å². The van der Waals surface area contributed by atoms with E-state index in [1.165, 1.54) is 12.8 Å². The molecule has 0 aromatic rings. The summed E-state index contributed by atoms with van der Waals surface area (Å²) in [6, 6.07) is 0. The highest BCUT2D eigenvalue weighted by Gasteiger charge is 2.21. The topological polar surface area (TPSA) is 17.1 Å². The first-order valence-corrected chi connectivity index (χ1v) is 6.70. The zero-order valence-corrected chi connectivity index (χ0v) is 11.0. The number of carbonyl (C=O) groups is 1. The molecular weight excluding hydrogens is 184 g/mol. The van der Waals surface area contributed by atoms with Gasteiger partial charge in [0.25, 0.3) is 0 Å². The molecule has 0 rings (SSSR count). The Hall–Kier alpha value is -0.330. The van der Waals surface area contributed by atoms with E-state index in [9.17, 15) is 4.79 Å². The van der Waals surface area contributed by atoms with Crippen LogP contribution in [0.2, 0.25) is 0 Å². The van der Waals surface area contributed by atoms with Gasteiger partial charge in [0.1, 0.15) is 5.78 Å². The molecule has 0 heterocycles. The van der Waals surface area contributed by atoms with Crippen molar-refractivity contribution in [1.82, 2.24) is 0 Å². The molecular formula is C14H28O. The third-order valence-electron chi connectivity index (χ3n) is 3.15. The van der Waals surface area contributed by atoms with Crippen LogP contribution in [0.1, 0.15) is 72.6 Å². The minimum absolute atomic E-state index is 0.285. The summed E-state index contributed by atoms with van der Waals surface area (Å²) in [6.45, 7) is 8.64. The quantitative estimate of drug-likeness (QED) is 0.546. The van der Waals surface area contributed by atoms with E-state index in [0.717, 1.165) is 32.1 Å². The molecule has 0 spiro atoms. The van der Waals surface area contributed by atoms with Gasteiger partial charge in [-0.2, -0.15) is 0 Å². The Bertz CT molecular complexity index is 157. The van der Waals surface area contributed by atoms with Crippen molar-refractivity contribution in [3.05, 3.63) is 0 Å². The lowest BCUT2D eigenvalue weighted by Gasteiger charge is -2.18. The van der Waals surface area contributed by atoms with Gasteiger partial charge >= 0.3 is 0 Å². The van der Waals surface area contributed by atoms with Crippen molar-refractivity contribution in [3.63, 3.8) is 0 Å². The standard InChI is InChI=1S/C14H28O/c1-5-8-11-12(4)14(15)13(9-6-2)10-7-3/h12-13H,5-11H2,1-4H3. The van der Waals surface area contributed by atoms with E-state index in [0.29, 0.717) is 11.7 Å². The SMILES string of the molecule is CCCCC(C)C(=O)C(CCC)CCC. The van der Waals surface area contributed by atoms with Gasteiger partial charge in [0.15, 0.2) is 0 Å². The summed E-state index contributed by atoms with van der Waals surface area (Å²) < 4.78 is 0. The number of hydrogen-bond donors (Lipinski definition) is 0. The second-order valence-electron chi connectivity index (χ2n) is 4.72. The molecule has 0 radical (unpaired) electrons. The molecule has 0 aliphatic carbocycles. The fourth-order valence-electron chi connectivity index (χ4n) is 2.18. The zero-order chi connectivity index (χ0) is 11.7. The summed E-state index contributed by atoms with van der Waals surface area (Å²) >= 11 is 0. The monoisotopic (exact) mass is 212 g/mol. The average Bonchev–Trinajstić information content (AvgIpc) is 2.24. The van der Waals surface area contributed by atoms with Crippen molar-refractivity contribution in [2.75, 3.05) is 0 Å². The van der Waals surface area contributed by atoms with Gasteiger partial charge in [-0.3, -0.25) is 4.79 Å². The number of rotatable bonds is 9. The number of unbranched alkanes of at least 4 members (excludes halogenated alkanes) is 1. The van der Waals surface area contributed by atoms with Crippen molar-refractivity contribution in [1.29, 1.82) is 0 Å². The van der Waals surface area contributed by atoms with E-state index >= 15 is 0 Å². The minimum atomic E-state index is 0.285. The minimum Gasteiger partial charge on any atom is -0.299 e. The smallest absolute Gasteiger partial charge is 0.138 e. The molecule has 0 bridgehead atoms. The van der Waals surface area contributed by atoms with Crippen molar-refractivity contribution in [2.24, 2.45) is 11.8 Å². The maximum absolute atomic E-state index is 12.1. The summed E-state index contributed by atoms with van der Waals surface area (Å²) in [6.07, 6.45) is 7.92. The average molecular weight is 212 g/mol. The van der Waals surface area contributed by atoms with Gasteiger partial charge < -0.3 is 0 Å². The zero-order valence-electron chi connectivity index (χ0n) is 11.0. The van der Waals surface area contributed by atoms with Gasteiger partial charge in [-0.25, -0.2) is 0 Å². The van der Waals surface area contributed by atoms with Crippen molar-refractivity contribution in [2.45, 2.75) is 72.6 Å². The molecule has 1 atom stereocenters. The molecule has 0 amide bonds. The lowest BCUT2D eigenvalue weighted by molar-refractivity contribution is -0.127.